The van der Waals surface area contributed by atoms with Crippen LogP contribution in [0.4, 0.5) is 4.79 Å². The minimum atomic E-state index is -0.313. The molecule has 1 aliphatic heterocycles. The Morgan fingerprint density at radius 3 is 2.64 bits per heavy atom. The minimum Gasteiger partial charge on any atom is -0.447 e. The van der Waals surface area contributed by atoms with Crippen molar-refractivity contribution in [2.24, 2.45) is 0 Å². The molecular formula is C7H14N2O2. The van der Waals surface area contributed by atoms with Gasteiger partial charge in [0.2, 0.25) is 0 Å². The summed E-state index contributed by atoms with van der Waals surface area (Å²) >= 11 is 0. The van der Waals surface area contributed by atoms with Crippen LogP contribution in [-0.2, 0) is 4.74 Å². The van der Waals surface area contributed by atoms with Gasteiger partial charge in [0, 0.05) is 13.1 Å². The van der Waals surface area contributed by atoms with Gasteiger partial charge in [-0.2, -0.15) is 0 Å². The van der Waals surface area contributed by atoms with Gasteiger partial charge >= 0.3 is 6.09 Å². The van der Waals surface area contributed by atoms with Crippen molar-refractivity contribution >= 4 is 6.09 Å². The molecule has 0 aliphatic carbocycles. The summed E-state index contributed by atoms with van der Waals surface area (Å²) in [5.41, 5.74) is 0. The van der Waals surface area contributed by atoms with Gasteiger partial charge in [-0.05, 0) is 13.8 Å². The third-order valence-corrected chi connectivity index (χ3v) is 1.45. The van der Waals surface area contributed by atoms with Crippen LogP contribution in [0, 0.1) is 0 Å². The highest BCUT2D eigenvalue weighted by Gasteiger charge is 2.19. The Morgan fingerprint density at radius 1 is 1.64 bits per heavy atom. The molecule has 11 heavy (non-hydrogen) atoms. The Morgan fingerprint density at radius 2 is 2.27 bits per heavy atom. The number of nitrogens with one attached hydrogen (secondary N) is 2. The van der Waals surface area contributed by atoms with Crippen molar-refractivity contribution in [1.29, 1.82) is 0 Å². The molecule has 1 amide bonds. The number of rotatable bonds is 2. The van der Waals surface area contributed by atoms with E-state index < -0.39 is 0 Å². The van der Waals surface area contributed by atoms with Crippen LogP contribution >= 0.6 is 0 Å². The van der Waals surface area contributed by atoms with Crippen LogP contribution in [0.5, 0.6) is 0 Å². The maximum absolute atomic E-state index is 10.9. The summed E-state index contributed by atoms with van der Waals surface area (Å²) in [6.07, 6.45) is -0.352. The highest BCUT2D eigenvalue weighted by molar-refractivity contribution is 5.67. The molecule has 1 aliphatic rings. The number of ether oxygens (including phenoxy) is 1. The maximum Gasteiger partial charge on any atom is 0.407 e. The van der Waals surface area contributed by atoms with Gasteiger partial charge in [0.15, 0.2) is 0 Å². The molecular weight excluding hydrogens is 144 g/mol. The topological polar surface area (TPSA) is 50.4 Å². The summed E-state index contributed by atoms with van der Waals surface area (Å²) in [6, 6.07) is 0.265. The molecule has 0 spiro atoms. The van der Waals surface area contributed by atoms with E-state index in [-0.39, 0.29) is 18.2 Å². The van der Waals surface area contributed by atoms with Crippen molar-refractivity contribution in [3.63, 3.8) is 0 Å². The van der Waals surface area contributed by atoms with Crippen LogP contribution in [0.25, 0.3) is 0 Å². The molecule has 1 heterocycles. The SMILES string of the molecule is CC(C)OC(=O)NC1CNC1. The summed E-state index contributed by atoms with van der Waals surface area (Å²) in [6.45, 7) is 5.37. The Bertz CT molecular complexity index is 143. The van der Waals surface area contributed by atoms with Crippen molar-refractivity contribution < 1.29 is 9.53 Å². The van der Waals surface area contributed by atoms with Crippen LogP contribution < -0.4 is 10.6 Å². The lowest BCUT2D eigenvalue weighted by molar-refractivity contribution is 0.109. The van der Waals surface area contributed by atoms with Gasteiger partial charge in [-0.15, -0.1) is 0 Å². The number of amides is 1. The number of hydrogen-bond acceptors (Lipinski definition) is 3. The highest BCUT2D eigenvalue weighted by atomic mass is 16.6. The van der Waals surface area contributed by atoms with Crippen LogP contribution in [-0.4, -0.2) is 31.3 Å². The molecule has 4 nitrogen and oxygen atoms in total. The monoisotopic (exact) mass is 158 g/mol. The fraction of sp³-hybridized carbons (Fsp3) is 0.857. The second kappa shape index (κ2) is 3.57. The van der Waals surface area contributed by atoms with E-state index in [1.54, 1.807) is 0 Å². The van der Waals surface area contributed by atoms with Gasteiger partial charge < -0.3 is 15.4 Å². The zero-order chi connectivity index (χ0) is 8.27. The molecule has 0 atom stereocenters. The van der Waals surface area contributed by atoms with E-state index in [0.29, 0.717) is 0 Å². The van der Waals surface area contributed by atoms with Gasteiger partial charge in [0.1, 0.15) is 0 Å². The lowest BCUT2D eigenvalue weighted by Gasteiger charge is -2.27. The normalized spacial score (nSPS) is 17.7. The molecule has 64 valence electrons. The van der Waals surface area contributed by atoms with Gasteiger partial charge in [-0.3, -0.25) is 0 Å². The van der Waals surface area contributed by atoms with Crippen molar-refractivity contribution in [2.45, 2.75) is 26.0 Å². The maximum atomic E-state index is 10.9. The van der Waals surface area contributed by atoms with Crippen LogP contribution in [0.1, 0.15) is 13.8 Å². The molecule has 0 radical (unpaired) electrons. The summed E-state index contributed by atoms with van der Waals surface area (Å²) in [4.78, 5) is 10.9. The quantitative estimate of drug-likeness (QED) is 0.599. The molecule has 1 fully saturated rings. The molecule has 0 aromatic carbocycles. The lowest BCUT2D eigenvalue weighted by atomic mass is 10.2. The second-order valence-electron chi connectivity index (χ2n) is 2.95. The first-order valence-electron chi connectivity index (χ1n) is 3.86. The average Bonchev–Trinajstić information content (AvgIpc) is 1.77. The first kappa shape index (κ1) is 8.33. The van der Waals surface area contributed by atoms with Gasteiger partial charge in [-0.25, -0.2) is 4.79 Å². The molecule has 0 aromatic heterocycles. The van der Waals surface area contributed by atoms with Crippen LogP contribution in [0.2, 0.25) is 0 Å². The van der Waals surface area contributed by atoms with Gasteiger partial charge in [0.05, 0.1) is 12.1 Å². The van der Waals surface area contributed by atoms with Crippen LogP contribution in [0.15, 0.2) is 0 Å². The molecule has 0 aromatic rings. The first-order chi connectivity index (χ1) is 5.18. The van der Waals surface area contributed by atoms with E-state index >= 15 is 0 Å². The predicted molar refractivity (Wildman–Crippen MR) is 41.4 cm³/mol. The Balaban J connectivity index is 2.09. The second-order valence-corrected chi connectivity index (χ2v) is 2.95. The van der Waals surface area contributed by atoms with Gasteiger partial charge in [0.25, 0.3) is 0 Å². The fourth-order valence-electron chi connectivity index (χ4n) is 0.806. The Labute approximate surface area is 66.3 Å². The van der Waals surface area contributed by atoms with E-state index in [9.17, 15) is 4.79 Å². The predicted octanol–water partition coefficient (Wildman–Crippen LogP) is 0.0928. The van der Waals surface area contributed by atoms with Crippen LogP contribution in [0.3, 0.4) is 0 Å². The van der Waals surface area contributed by atoms with Crippen molar-refractivity contribution in [2.75, 3.05) is 13.1 Å². The van der Waals surface area contributed by atoms with E-state index in [1.807, 2.05) is 13.8 Å². The van der Waals surface area contributed by atoms with E-state index in [2.05, 4.69) is 10.6 Å². The summed E-state index contributed by atoms with van der Waals surface area (Å²) < 4.78 is 4.88. The largest absolute Gasteiger partial charge is 0.447 e. The molecule has 0 saturated carbocycles. The minimum absolute atomic E-state index is 0.0389. The van der Waals surface area contributed by atoms with E-state index in [0.717, 1.165) is 13.1 Å². The molecule has 0 bridgehead atoms. The fourth-order valence-corrected chi connectivity index (χ4v) is 0.806. The zero-order valence-corrected chi connectivity index (χ0v) is 6.89. The van der Waals surface area contributed by atoms with Crippen molar-refractivity contribution in [3.05, 3.63) is 0 Å². The third-order valence-electron chi connectivity index (χ3n) is 1.45. The third kappa shape index (κ3) is 2.76. The molecule has 2 N–H and O–H groups in total. The summed E-state index contributed by atoms with van der Waals surface area (Å²) in [7, 11) is 0. The van der Waals surface area contributed by atoms with Crippen molar-refractivity contribution in [1.82, 2.24) is 10.6 Å². The van der Waals surface area contributed by atoms with E-state index in [4.69, 9.17) is 4.74 Å². The molecule has 1 rings (SSSR count). The molecule has 0 unspecified atom stereocenters. The lowest BCUT2D eigenvalue weighted by Crippen LogP contribution is -2.57. The Kier molecular flexibility index (Phi) is 2.70. The Hall–Kier alpha value is -0.770. The highest BCUT2D eigenvalue weighted by Crippen LogP contribution is 1.93. The average molecular weight is 158 g/mol. The number of alkyl carbamates (subject to hydrolysis) is 1. The zero-order valence-electron chi connectivity index (χ0n) is 6.89. The van der Waals surface area contributed by atoms with Gasteiger partial charge in [-0.1, -0.05) is 0 Å². The standard InChI is InChI=1S/C7H14N2O2/c1-5(2)11-7(10)9-6-3-8-4-6/h5-6,8H,3-4H2,1-2H3,(H,9,10). The number of hydrogen-bond donors (Lipinski definition) is 2. The van der Waals surface area contributed by atoms with Crippen molar-refractivity contribution in [3.8, 4) is 0 Å². The molecule has 4 heteroatoms. The first-order valence-corrected chi connectivity index (χ1v) is 3.86. The number of carbonyl (C=O) groups is 1. The number of carbonyl (C=O) groups excluding carboxylic acids is 1. The summed E-state index contributed by atoms with van der Waals surface area (Å²) in [5.74, 6) is 0. The smallest absolute Gasteiger partial charge is 0.407 e. The van der Waals surface area contributed by atoms with E-state index in [1.165, 1.54) is 0 Å². The molecule has 1 saturated heterocycles. The summed E-state index contributed by atoms with van der Waals surface area (Å²) in [5, 5.41) is 5.77.